The van der Waals surface area contributed by atoms with Crippen molar-refractivity contribution in [3.63, 3.8) is 0 Å². The zero-order chi connectivity index (χ0) is 11.7. The van der Waals surface area contributed by atoms with Crippen molar-refractivity contribution in [1.82, 2.24) is 4.57 Å². The van der Waals surface area contributed by atoms with Crippen LogP contribution in [0.2, 0.25) is 0 Å². The summed E-state index contributed by atoms with van der Waals surface area (Å²) in [6.45, 7) is 2.06. The normalized spacial score (nSPS) is 10.9. The van der Waals surface area contributed by atoms with E-state index in [1.165, 1.54) is 16.5 Å². The number of benzene rings is 1. The molecule has 84 valence electrons. The summed E-state index contributed by atoms with van der Waals surface area (Å²) in [6.07, 6.45) is 2.81. The number of fused-ring (bicyclic) bond motifs is 1. The molecule has 2 rings (SSSR count). The molecule has 0 unspecified atom stereocenters. The fourth-order valence-corrected chi connectivity index (χ4v) is 2.16. The third-order valence-corrected chi connectivity index (χ3v) is 2.91. The van der Waals surface area contributed by atoms with Crippen LogP contribution in [0.15, 0.2) is 24.4 Å². The van der Waals surface area contributed by atoms with E-state index in [4.69, 9.17) is 5.11 Å². The molecule has 0 aliphatic carbocycles. The summed E-state index contributed by atoms with van der Waals surface area (Å²) in [5.41, 5.74) is 3.50. The highest BCUT2D eigenvalue weighted by molar-refractivity contribution is 5.87. The molecule has 0 fully saturated rings. The number of aryl methyl sites for hydroxylation is 3. The van der Waals surface area contributed by atoms with Crippen molar-refractivity contribution in [2.45, 2.75) is 19.8 Å². The van der Waals surface area contributed by atoms with Gasteiger partial charge in [0.05, 0.1) is 0 Å². The largest absolute Gasteiger partial charge is 0.481 e. The summed E-state index contributed by atoms with van der Waals surface area (Å²) < 4.78 is 2.06. The highest BCUT2D eigenvalue weighted by atomic mass is 16.4. The molecule has 1 aromatic carbocycles. The van der Waals surface area contributed by atoms with E-state index in [0.29, 0.717) is 6.42 Å². The number of aromatic nitrogens is 1. The van der Waals surface area contributed by atoms with Crippen LogP contribution >= 0.6 is 0 Å². The SMILES string of the molecule is Cc1cccc2c1c(CCC(=O)O)cn2C. The van der Waals surface area contributed by atoms with Gasteiger partial charge in [-0.05, 0) is 30.5 Å². The first-order valence-electron chi connectivity index (χ1n) is 5.35. The van der Waals surface area contributed by atoms with Crippen molar-refractivity contribution in [2.75, 3.05) is 0 Å². The number of carbonyl (C=O) groups is 1. The van der Waals surface area contributed by atoms with Crippen molar-refractivity contribution in [3.05, 3.63) is 35.5 Å². The van der Waals surface area contributed by atoms with E-state index in [2.05, 4.69) is 23.6 Å². The molecule has 0 radical (unpaired) electrons. The van der Waals surface area contributed by atoms with Crippen molar-refractivity contribution in [1.29, 1.82) is 0 Å². The van der Waals surface area contributed by atoms with Gasteiger partial charge in [-0.1, -0.05) is 12.1 Å². The second kappa shape index (κ2) is 4.00. The number of nitrogens with zero attached hydrogens (tertiary/aromatic N) is 1. The van der Waals surface area contributed by atoms with Crippen LogP contribution in [0.1, 0.15) is 17.5 Å². The monoisotopic (exact) mass is 217 g/mol. The summed E-state index contributed by atoms with van der Waals surface area (Å²) in [4.78, 5) is 10.6. The van der Waals surface area contributed by atoms with Gasteiger partial charge in [0, 0.05) is 30.6 Å². The Bertz CT molecular complexity index is 540. The van der Waals surface area contributed by atoms with E-state index in [1.54, 1.807) is 0 Å². The van der Waals surface area contributed by atoms with Crippen molar-refractivity contribution in [2.24, 2.45) is 7.05 Å². The van der Waals surface area contributed by atoms with Gasteiger partial charge >= 0.3 is 5.97 Å². The lowest BCUT2D eigenvalue weighted by Crippen LogP contribution is -1.97. The van der Waals surface area contributed by atoms with E-state index >= 15 is 0 Å². The van der Waals surface area contributed by atoms with Gasteiger partial charge in [-0.2, -0.15) is 0 Å². The van der Waals surface area contributed by atoms with E-state index < -0.39 is 5.97 Å². The van der Waals surface area contributed by atoms with Gasteiger partial charge in [0.1, 0.15) is 0 Å². The third-order valence-electron chi connectivity index (χ3n) is 2.91. The number of aliphatic carboxylic acids is 1. The fraction of sp³-hybridized carbons (Fsp3) is 0.308. The molecule has 1 aromatic heterocycles. The molecule has 2 aromatic rings. The molecule has 0 aliphatic rings. The minimum atomic E-state index is -0.745. The summed E-state index contributed by atoms with van der Waals surface area (Å²) in [5, 5.41) is 9.92. The van der Waals surface area contributed by atoms with Crippen LogP contribution in [0, 0.1) is 6.92 Å². The zero-order valence-electron chi connectivity index (χ0n) is 9.53. The van der Waals surface area contributed by atoms with Crippen molar-refractivity contribution in [3.8, 4) is 0 Å². The zero-order valence-corrected chi connectivity index (χ0v) is 9.53. The molecule has 0 amide bonds. The molecule has 3 heteroatoms. The average Bonchev–Trinajstić information content (AvgIpc) is 2.55. The molecule has 0 atom stereocenters. The summed E-state index contributed by atoms with van der Waals surface area (Å²) in [5.74, 6) is -0.745. The maximum absolute atomic E-state index is 10.6. The summed E-state index contributed by atoms with van der Waals surface area (Å²) >= 11 is 0. The Balaban J connectivity index is 2.49. The lowest BCUT2D eigenvalue weighted by molar-refractivity contribution is -0.136. The Morgan fingerprint density at radius 2 is 2.19 bits per heavy atom. The molecule has 3 nitrogen and oxygen atoms in total. The van der Waals surface area contributed by atoms with Gasteiger partial charge in [0.2, 0.25) is 0 Å². The highest BCUT2D eigenvalue weighted by Crippen LogP contribution is 2.25. The average molecular weight is 217 g/mol. The molecule has 1 heterocycles. The molecule has 0 saturated heterocycles. The first-order valence-corrected chi connectivity index (χ1v) is 5.35. The first-order chi connectivity index (χ1) is 7.59. The molecule has 0 aliphatic heterocycles. The maximum atomic E-state index is 10.6. The second-order valence-corrected chi connectivity index (χ2v) is 4.13. The lowest BCUT2D eigenvalue weighted by atomic mass is 10.0. The summed E-state index contributed by atoms with van der Waals surface area (Å²) in [7, 11) is 1.99. The topological polar surface area (TPSA) is 42.2 Å². The summed E-state index contributed by atoms with van der Waals surface area (Å²) in [6, 6.07) is 6.15. The predicted octanol–water partition coefficient (Wildman–Crippen LogP) is 2.50. The minimum absolute atomic E-state index is 0.188. The van der Waals surface area contributed by atoms with Gasteiger partial charge in [0.15, 0.2) is 0 Å². The van der Waals surface area contributed by atoms with E-state index in [1.807, 2.05) is 19.3 Å². The maximum Gasteiger partial charge on any atom is 0.303 e. The standard InChI is InChI=1S/C13H15NO2/c1-9-4-3-5-11-13(9)10(8-14(11)2)6-7-12(15)16/h3-5,8H,6-7H2,1-2H3,(H,15,16). The fourth-order valence-electron chi connectivity index (χ4n) is 2.16. The van der Waals surface area contributed by atoms with E-state index in [-0.39, 0.29) is 6.42 Å². The molecule has 0 bridgehead atoms. The molecule has 16 heavy (non-hydrogen) atoms. The minimum Gasteiger partial charge on any atom is -0.481 e. The van der Waals surface area contributed by atoms with Gasteiger partial charge < -0.3 is 9.67 Å². The second-order valence-electron chi connectivity index (χ2n) is 4.13. The number of carboxylic acids is 1. The molecular weight excluding hydrogens is 202 g/mol. The van der Waals surface area contributed by atoms with E-state index in [9.17, 15) is 4.79 Å². The van der Waals surface area contributed by atoms with Gasteiger partial charge in [-0.25, -0.2) is 0 Å². The van der Waals surface area contributed by atoms with Crippen LogP contribution in [0.3, 0.4) is 0 Å². The number of carboxylic acid groups (broad SMARTS) is 1. The number of hydrogen-bond donors (Lipinski definition) is 1. The molecular formula is C13H15NO2. The van der Waals surface area contributed by atoms with Crippen LogP contribution in [0.5, 0.6) is 0 Å². The van der Waals surface area contributed by atoms with Crippen molar-refractivity contribution >= 4 is 16.9 Å². The van der Waals surface area contributed by atoms with Crippen LogP contribution in [-0.4, -0.2) is 15.6 Å². The van der Waals surface area contributed by atoms with Crippen LogP contribution in [-0.2, 0) is 18.3 Å². The van der Waals surface area contributed by atoms with Crippen molar-refractivity contribution < 1.29 is 9.90 Å². The molecule has 0 saturated carbocycles. The smallest absolute Gasteiger partial charge is 0.303 e. The Hall–Kier alpha value is -1.77. The molecule has 1 N–H and O–H groups in total. The third kappa shape index (κ3) is 1.81. The van der Waals surface area contributed by atoms with Gasteiger partial charge in [-0.3, -0.25) is 4.79 Å². The number of hydrogen-bond acceptors (Lipinski definition) is 1. The predicted molar refractivity (Wildman–Crippen MR) is 63.6 cm³/mol. The first kappa shape index (κ1) is 10.7. The highest BCUT2D eigenvalue weighted by Gasteiger charge is 2.09. The van der Waals surface area contributed by atoms with Gasteiger partial charge in [0.25, 0.3) is 0 Å². The Morgan fingerprint density at radius 1 is 1.44 bits per heavy atom. The quantitative estimate of drug-likeness (QED) is 0.858. The van der Waals surface area contributed by atoms with Crippen LogP contribution in [0.4, 0.5) is 0 Å². The Labute approximate surface area is 94.3 Å². The Morgan fingerprint density at radius 3 is 2.88 bits per heavy atom. The van der Waals surface area contributed by atoms with Gasteiger partial charge in [-0.15, -0.1) is 0 Å². The Kier molecular flexibility index (Phi) is 2.69. The number of rotatable bonds is 3. The molecule has 0 spiro atoms. The lowest BCUT2D eigenvalue weighted by Gasteiger charge is -2.00. The van der Waals surface area contributed by atoms with Crippen LogP contribution in [0.25, 0.3) is 10.9 Å². The van der Waals surface area contributed by atoms with E-state index in [0.717, 1.165) is 5.56 Å². The van der Waals surface area contributed by atoms with Crippen LogP contribution < -0.4 is 0 Å².